The van der Waals surface area contributed by atoms with Gasteiger partial charge in [0.05, 0.1) is 6.42 Å². The van der Waals surface area contributed by atoms with E-state index in [1.54, 1.807) is 0 Å². The van der Waals surface area contributed by atoms with Gasteiger partial charge in [-0.15, -0.1) is 0 Å². The highest BCUT2D eigenvalue weighted by Gasteiger charge is 2.46. The van der Waals surface area contributed by atoms with E-state index >= 15 is 0 Å². The number of rotatable bonds is 4. The molecule has 7 nitrogen and oxygen atoms in total. The van der Waals surface area contributed by atoms with Crippen molar-refractivity contribution in [2.45, 2.75) is 38.8 Å². The summed E-state index contributed by atoms with van der Waals surface area (Å²) in [4.78, 5) is 45.7. The molecule has 1 heterocycles. The number of esters is 2. The van der Waals surface area contributed by atoms with E-state index in [-0.39, 0.29) is 6.42 Å². The van der Waals surface area contributed by atoms with Gasteiger partial charge in [-0.3, -0.25) is 14.4 Å². The maximum Gasteiger partial charge on any atom is 0.422 e. The lowest BCUT2D eigenvalue weighted by Gasteiger charge is -2.38. The van der Waals surface area contributed by atoms with Crippen LogP contribution in [0.2, 0.25) is 0 Å². The Kier molecular flexibility index (Phi) is 4.94. The second-order valence-electron chi connectivity index (χ2n) is 4.39. The van der Waals surface area contributed by atoms with Crippen molar-refractivity contribution in [3.63, 3.8) is 0 Å². The predicted octanol–water partition coefficient (Wildman–Crippen LogP) is 0.685. The highest BCUT2D eigenvalue weighted by molar-refractivity contribution is 6.03. The van der Waals surface area contributed by atoms with E-state index < -0.39 is 47.8 Å². The summed E-state index contributed by atoms with van der Waals surface area (Å²) in [6.07, 6.45) is -8.05. The van der Waals surface area contributed by atoms with Crippen LogP contribution in [0.25, 0.3) is 0 Å². The van der Waals surface area contributed by atoms with Crippen LogP contribution in [0.1, 0.15) is 20.3 Å². The zero-order chi connectivity index (χ0) is 17.2. The topological polar surface area (TPSA) is 90.0 Å². The second kappa shape index (κ2) is 6.16. The van der Waals surface area contributed by atoms with Crippen molar-refractivity contribution in [3.05, 3.63) is 12.2 Å². The molecule has 0 aromatic rings. The summed E-state index contributed by atoms with van der Waals surface area (Å²) in [5.41, 5.74) is -1.78. The van der Waals surface area contributed by atoms with Crippen molar-refractivity contribution in [2.24, 2.45) is 0 Å². The average molecular weight is 323 g/mol. The number of carbonyl (C=O) groups excluding carboxylic acids is 4. The standard InChI is InChI=1S/C12H12F3NO6/c1-5(12(13,14)15)11(20)21-6(2)10(19)16-8(18)4-9(16)22-7(3)17/h6,9H,1,4H2,2-3H3. The van der Waals surface area contributed by atoms with Crippen molar-refractivity contribution >= 4 is 23.8 Å². The monoisotopic (exact) mass is 323 g/mol. The number of imide groups is 1. The number of ether oxygens (including phenoxy) is 2. The minimum Gasteiger partial charge on any atom is -0.449 e. The fourth-order valence-electron chi connectivity index (χ4n) is 1.53. The van der Waals surface area contributed by atoms with Crippen LogP contribution in [0.15, 0.2) is 12.2 Å². The molecule has 22 heavy (non-hydrogen) atoms. The third kappa shape index (κ3) is 3.83. The number of carbonyl (C=O) groups is 4. The molecule has 0 aromatic heterocycles. The van der Waals surface area contributed by atoms with Gasteiger partial charge in [-0.05, 0) is 6.92 Å². The minimum atomic E-state index is -4.99. The number of β-lactam (4-membered cyclic amide) rings is 1. The van der Waals surface area contributed by atoms with E-state index in [0.717, 1.165) is 13.8 Å². The van der Waals surface area contributed by atoms with Crippen molar-refractivity contribution in [1.29, 1.82) is 0 Å². The third-order valence-electron chi connectivity index (χ3n) is 2.67. The zero-order valence-corrected chi connectivity index (χ0v) is 11.6. The van der Waals surface area contributed by atoms with Gasteiger partial charge in [-0.2, -0.15) is 13.2 Å². The average Bonchev–Trinajstić information content (AvgIpc) is 2.34. The van der Waals surface area contributed by atoms with Crippen molar-refractivity contribution in [3.8, 4) is 0 Å². The lowest BCUT2D eigenvalue weighted by Crippen LogP contribution is -2.60. The van der Waals surface area contributed by atoms with Gasteiger partial charge in [0.2, 0.25) is 5.91 Å². The van der Waals surface area contributed by atoms with Crippen LogP contribution in [-0.2, 0) is 28.7 Å². The summed E-state index contributed by atoms with van der Waals surface area (Å²) in [5.74, 6) is -4.37. The lowest BCUT2D eigenvalue weighted by molar-refractivity contribution is -0.192. The van der Waals surface area contributed by atoms with Gasteiger partial charge in [0, 0.05) is 6.92 Å². The van der Waals surface area contributed by atoms with Crippen LogP contribution < -0.4 is 0 Å². The van der Waals surface area contributed by atoms with E-state index in [2.05, 4.69) is 16.1 Å². The van der Waals surface area contributed by atoms with Crippen molar-refractivity contribution < 1.29 is 41.8 Å². The summed E-state index contributed by atoms with van der Waals surface area (Å²) in [7, 11) is 0. The Morgan fingerprint density at radius 1 is 1.36 bits per heavy atom. The summed E-state index contributed by atoms with van der Waals surface area (Å²) >= 11 is 0. The summed E-state index contributed by atoms with van der Waals surface area (Å²) in [6, 6.07) is 0. The first kappa shape index (κ1) is 17.7. The number of nitrogens with zero attached hydrogens (tertiary/aromatic N) is 1. The quantitative estimate of drug-likeness (QED) is 0.429. The number of alkyl halides is 3. The Bertz CT molecular complexity index is 541. The fourth-order valence-corrected chi connectivity index (χ4v) is 1.53. The molecule has 0 aliphatic carbocycles. The molecule has 122 valence electrons. The van der Waals surface area contributed by atoms with Crippen LogP contribution in [0.4, 0.5) is 13.2 Å². The van der Waals surface area contributed by atoms with Gasteiger partial charge in [0.1, 0.15) is 5.57 Å². The van der Waals surface area contributed by atoms with Crippen LogP contribution in [-0.4, -0.2) is 47.2 Å². The summed E-state index contributed by atoms with van der Waals surface area (Å²) < 4.78 is 45.7. The normalized spacial score (nSPS) is 19.0. The van der Waals surface area contributed by atoms with E-state index in [1.807, 2.05) is 0 Å². The molecular formula is C12H12F3NO6. The largest absolute Gasteiger partial charge is 0.449 e. The maximum absolute atomic E-state index is 12.2. The van der Waals surface area contributed by atoms with E-state index in [1.165, 1.54) is 0 Å². The Hall–Kier alpha value is -2.39. The first-order valence-corrected chi connectivity index (χ1v) is 5.95. The van der Waals surface area contributed by atoms with Crippen molar-refractivity contribution in [2.75, 3.05) is 0 Å². The van der Waals surface area contributed by atoms with Gasteiger partial charge < -0.3 is 9.47 Å². The van der Waals surface area contributed by atoms with Crippen LogP contribution in [0, 0.1) is 0 Å². The summed E-state index contributed by atoms with van der Waals surface area (Å²) in [5, 5.41) is 0. The highest BCUT2D eigenvalue weighted by Crippen LogP contribution is 2.26. The number of halogens is 3. The molecule has 1 aliphatic rings. The summed E-state index contributed by atoms with van der Waals surface area (Å²) in [6.45, 7) is 4.57. The first-order valence-electron chi connectivity index (χ1n) is 5.95. The molecule has 1 aliphatic heterocycles. The minimum absolute atomic E-state index is 0.235. The third-order valence-corrected chi connectivity index (χ3v) is 2.67. The number of hydrogen-bond donors (Lipinski definition) is 0. The van der Waals surface area contributed by atoms with Gasteiger partial charge >= 0.3 is 18.1 Å². The molecule has 1 rings (SSSR count). The van der Waals surface area contributed by atoms with Crippen LogP contribution in [0.5, 0.6) is 0 Å². The van der Waals surface area contributed by atoms with Crippen molar-refractivity contribution in [1.82, 2.24) is 4.90 Å². The molecule has 0 radical (unpaired) electrons. The molecule has 0 N–H and O–H groups in total. The van der Waals surface area contributed by atoms with E-state index in [0.29, 0.717) is 4.90 Å². The van der Waals surface area contributed by atoms with Crippen LogP contribution >= 0.6 is 0 Å². The van der Waals surface area contributed by atoms with Gasteiger partial charge in [-0.1, -0.05) is 6.58 Å². The molecule has 0 bridgehead atoms. The van der Waals surface area contributed by atoms with E-state index in [4.69, 9.17) is 0 Å². The lowest BCUT2D eigenvalue weighted by atomic mass is 10.1. The van der Waals surface area contributed by atoms with E-state index in [9.17, 15) is 32.3 Å². The Morgan fingerprint density at radius 2 is 1.91 bits per heavy atom. The Labute approximate surface area is 122 Å². The fraction of sp³-hybridized carbons (Fsp3) is 0.500. The molecule has 10 heteroatoms. The molecular weight excluding hydrogens is 311 g/mol. The molecule has 0 aromatic carbocycles. The predicted molar refractivity (Wildman–Crippen MR) is 62.8 cm³/mol. The number of amides is 2. The number of likely N-dealkylation sites (tertiary alicyclic amines) is 1. The molecule has 2 unspecified atom stereocenters. The molecule has 0 saturated carbocycles. The van der Waals surface area contributed by atoms with Gasteiger partial charge in [0.25, 0.3) is 5.91 Å². The molecule has 2 amide bonds. The van der Waals surface area contributed by atoms with Gasteiger partial charge in [-0.25, -0.2) is 9.69 Å². The smallest absolute Gasteiger partial charge is 0.422 e. The van der Waals surface area contributed by atoms with Crippen LogP contribution in [0.3, 0.4) is 0 Å². The SMILES string of the molecule is C=C(C(=O)OC(C)C(=O)N1C(=O)CC1OC(C)=O)C(F)(F)F. The molecule has 1 fully saturated rings. The first-order chi connectivity index (χ1) is 9.95. The molecule has 2 atom stereocenters. The number of hydrogen-bond acceptors (Lipinski definition) is 6. The zero-order valence-electron chi connectivity index (χ0n) is 11.6. The molecule has 1 saturated heterocycles. The Morgan fingerprint density at radius 3 is 2.32 bits per heavy atom. The maximum atomic E-state index is 12.2. The van der Waals surface area contributed by atoms with Gasteiger partial charge in [0.15, 0.2) is 12.3 Å². The molecule has 0 spiro atoms. The Balaban J connectivity index is 2.69. The highest BCUT2D eigenvalue weighted by atomic mass is 19.4. The second-order valence-corrected chi connectivity index (χ2v) is 4.39.